The minimum atomic E-state index is -0.291. The molecule has 0 N–H and O–H groups in total. The lowest BCUT2D eigenvalue weighted by molar-refractivity contribution is -0.137. The quantitative estimate of drug-likeness (QED) is 0.792. The van der Waals surface area contributed by atoms with Crippen LogP contribution in [0.3, 0.4) is 0 Å². The van der Waals surface area contributed by atoms with Gasteiger partial charge in [0.1, 0.15) is 12.4 Å². The summed E-state index contributed by atoms with van der Waals surface area (Å²) in [5, 5.41) is 3.85. The second-order valence-electron chi connectivity index (χ2n) is 6.07. The molecule has 1 fully saturated rings. The van der Waals surface area contributed by atoms with Gasteiger partial charge in [-0.15, -0.1) is 0 Å². The molecule has 134 valence electrons. The Balaban J connectivity index is 1.59. The number of aromatic nitrogens is 2. The zero-order valence-electron chi connectivity index (χ0n) is 14.3. The molecule has 1 atom stereocenters. The van der Waals surface area contributed by atoms with E-state index in [-0.39, 0.29) is 30.9 Å². The van der Waals surface area contributed by atoms with E-state index in [9.17, 15) is 9.18 Å². The maximum atomic E-state index is 13.3. The molecule has 1 aromatic carbocycles. The molecule has 0 spiro atoms. The lowest BCUT2D eigenvalue weighted by atomic mass is 10.1. The first-order valence-electron chi connectivity index (χ1n) is 8.14. The third-order valence-electron chi connectivity index (χ3n) is 4.27. The summed E-state index contributed by atoms with van der Waals surface area (Å²) < 4.78 is 23.5. The molecule has 1 amide bonds. The normalized spacial score (nSPS) is 17.1. The summed E-state index contributed by atoms with van der Waals surface area (Å²) in [5.41, 5.74) is 0.788. The van der Waals surface area contributed by atoms with Crippen LogP contribution >= 0.6 is 0 Å². The van der Waals surface area contributed by atoms with Gasteiger partial charge in [0.25, 0.3) is 0 Å². The summed E-state index contributed by atoms with van der Waals surface area (Å²) in [7, 11) is 1.57. The average Bonchev–Trinajstić information content (AvgIpc) is 3.05. The number of nitrogens with zero attached hydrogens (tertiary/aromatic N) is 4. The summed E-state index contributed by atoms with van der Waals surface area (Å²) in [6.07, 6.45) is 0. The maximum Gasteiger partial charge on any atom is 0.243 e. The van der Waals surface area contributed by atoms with Gasteiger partial charge in [-0.25, -0.2) is 4.39 Å². The molecule has 0 saturated carbocycles. The van der Waals surface area contributed by atoms with Crippen molar-refractivity contribution in [1.82, 2.24) is 19.9 Å². The second-order valence-corrected chi connectivity index (χ2v) is 6.07. The standard InChI is InChI=1S/C17H21FN4O3/c1-12(17-19-15(11-24-2)20-25-17)21-6-7-22(16(23)10-21)9-13-4-3-5-14(18)8-13/h3-5,8,12H,6-7,9-11H2,1-2H3/t12-/m0/s1. The smallest absolute Gasteiger partial charge is 0.243 e. The number of carbonyl (C=O) groups is 1. The number of halogens is 1. The Kier molecular flexibility index (Phi) is 5.40. The molecular weight excluding hydrogens is 327 g/mol. The minimum absolute atomic E-state index is 0.000934. The van der Waals surface area contributed by atoms with Crippen molar-refractivity contribution in [2.75, 3.05) is 26.7 Å². The van der Waals surface area contributed by atoms with Gasteiger partial charge in [0.2, 0.25) is 11.8 Å². The Labute approximate surface area is 145 Å². The van der Waals surface area contributed by atoms with E-state index in [1.165, 1.54) is 12.1 Å². The fourth-order valence-corrected chi connectivity index (χ4v) is 2.86. The number of rotatable bonds is 6. The van der Waals surface area contributed by atoms with E-state index < -0.39 is 0 Å². The molecule has 1 aliphatic heterocycles. The zero-order valence-corrected chi connectivity index (χ0v) is 14.3. The topological polar surface area (TPSA) is 71.7 Å². The summed E-state index contributed by atoms with van der Waals surface area (Å²) in [6, 6.07) is 6.17. The molecule has 0 bridgehead atoms. The first-order valence-corrected chi connectivity index (χ1v) is 8.14. The van der Waals surface area contributed by atoms with Crippen LogP contribution in [0, 0.1) is 5.82 Å². The number of piperazine rings is 1. The molecular formula is C17H21FN4O3. The van der Waals surface area contributed by atoms with E-state index in [0.29, 0.717) is 31.3 Å². The summed E-state index contributed by atoms with van der Waals surface area (Å²) >= 11 is 0. The number of hydrogen-bond acceptors (Lipinski definition) is 6. The highest BCUT2D eigenvalue weighted by atomic mass is 19.1. The highest BCUT2D eigenvalue weighted by Crippen LogP contribution is 2.21. The van der Waals surface area contributed by atoms with Crippen LogP contribution in [0.4, 0.5) is 4.39 Å². The van der Waals surface area contributed by atoms with Crippen molar-refractivity contribution in [2.24, 2.45) is 0 Å². The van der Waals surface area contributed by atoms with Crippen molar-refractivity contribution < 1.29 is 18.4 Å². The Morgan fingerprint density at radius 2 is 2.24 bits per heavy atom. The van der Waals surface area contributed by atoms with Crippen LogP contribution in [0.15, 0.2) is 28.8 Å². The van der Waals surface area contributed by atoms with Crippen molar-refractivity contribution in [3.63, 3.8) is 0 Å². The first-order chi connectivity index (χ1) is 12.1. The highest BCUT2D eigenvalue weighted by molar-refractivity contribution is 5.79. The van der Waals surface area contributed by atoms with Crippen molar-refractivity contribution in [3.05, 3.63) is 47.4 Å². The summed E-state index contributed by atoms with van der Waals surface area (Å²) in [6.45, 7) is 4.15. The van der Waals surface area contributed by atoms with Gasteiger partial charge in [-0.3, -0.25) is 9.69 Å². The summed E-state index contributed by atoms with van der Waals surface area (Å²) in [5.74, 6) is 0.665. The molecule has 2 heterocycles. The lowest BCUT2D eigenvalue weighted by Gasteiger charge is -2.36. The number of methoxy groups -OCH3 is 1. The van der Waals surface area contributed by atoms with Gasteiger partial charge in [-0.05, 0) is 24.6 Å². The number of hydrogen-bond donors (Lipinski definition) is 0. The molecule has 0 unspecified atom stereocenters. The molecule has 3 rings (SSSR count). The molecule has 0 aliphatic carbocycles. The van der Waals surface area contributed by atoms with Gasteiger partial charge in [0, 0.05) is 26.7 Å². The fourth-order valence-electron chi connectivity index (χ4n) is 2.86. The molecule has 25 heavy (non-hydrogen) atoms. The van der Waals surface area contributed by atoms with Gasteiger partial charge in [0.05, 0.1) is 12.6 Å². The van der Waals surface area contributed by atoms with Crippen LogP contribution in [0.2, 0.25) is 0 Å². The third-order valence-corrected chi connectivity index (χ3v) is 4.27. The van der Waals surface area contributed by atoms with Crippen LogP contribution in [0.1, 0.15) is 30.2 Å². The molecule has 7 nitrogen and oxygen atoms in total. The van der Waals surface area contributed by atoms with Crippen LogP contribution < -0.4 is 0 Å². The predicted octanol–water partition coefficient (Wildman–Crippen LogP) is 1.76. The van der Waals surface area contributed by atoms with Gasteiger partial charge >= 0.3 is 0 Å². The first kappa shape index (κ1) is 17.5. The molecule has 1 aliphatic rings. The van der Waals surface area contributed by atoms with E-state index in [2.05, 4.69) is 10.1 Å². The largest absolute Gasteiger partial charge is 0.377 e. The Morgan fingerprint density at radius 1 is 1.40 bits per heavy atom. The van der Waals surface area contributed by atoms with Crippen molar-refractivity contribution in [3.8, 4) is 0 Å². The Morgan fingerprint density at radius 3 is 2.96 bits per heavy atom. The van der Waals surface area contributed by atoms with Gasteiger partial charge < -0.3 is 14.2 Å². The molecule has 0 radical (unpaired) electrons. The summed E-state index contributed by atoms with van der Waals surface area (Å²) in [4.78, 5) is 20.5. The second kappa shape index (κ2) is 7.71. The average molecular weight is 348 g/mol. The van der Waals surface area contributed by atoms with E-state index in [0.717, 1.165) is 5.56 Å². The van der Waals surface area contributed by atoms with Crippen molar-refractivity contribution in [2.45, 2.75) is 26.1 Å². The lowest BCUT2D eigenvalue weighted by Crippen LogP contribution is -2.50. The van der Waals surface area contributed by atoms with E-state index in [4.69, 9.17) is 9.26 Å². The zero-order chi connectivity index (χ0) is 17.8. The predicted molar refractivity (Wildman–Crippen MR) is 86.8 cm³/mol. The van der Waals surface area contributed by atoms with Crippen LogP contribution in [-0.2, 0) is 22.7 Å². The number of carbonyl (C=O) groups excluding carboxylic acids is 1. The number of benzene rings is 1. The van der Waals surface area contributed by atoms with Crippen molar-refractivity contribution in [1.29, 1.82) is 0 Å². The monoisotopic (exact) mass is 348 g/mol. The van der Waals surface area contributed by atoms with Gasteiger partial charge in [-0.1, -0.05) is 17.3 Å². The Hall–Kier alpha value is -2.32. The van der Waals surface area contributed by atoms with Gasteiger partial charge in [-0.2, -0.15) is 4.98 Å². The molecule has 8 heteroatoms. The van der Waals surface area contributed by atoms with Gasteiger partial charge in [0.15, 0.2) is 5.82 Å². The highest BCUT2D eigenvalue weighted by Gasteiger charge is 2.30. The van der Waals surface area contributed by atoms with E-state index >= 15 is 0 Å². The minimum Gasteiger partial charge on any atom is -0.377 e. The Bertz CT molecular complexity index is 736. The van der Waals surface area contributed by atoms with E-state index in [1.54, 1.807) is 18.1 Å². The van der Waals surface area contributed by atoms with Crippen LogP contribution in [-0.4, -0.2) is 52.6 Å². The molecule has 1 saturated heterocycles. The number of ether oxygens (including phenoxy) is 1. The van der Waals surface area contributed by atoms with Crippen LogP contribution in [0.5, 0.6) is 0 Å². The van der Waals surface area contributed by atoms with Crippen LogP contribution in [0.25, 0.3) is 0 Å². The number of amides is 1. The van der Waals surface area contributed by atoms with Crippen molar-refractivity contribution >= 4 is 5.91 Å². The SMILES string of the molecule is COCc1noc([C@H](C)N2CCN(Cc3cccc(F)c3)C(=O)C2)n1. The maximum absolute atomic E-state index is 13.3. The molecule has 1 aromatic heterocycles. The fraction of sp³-hybridized carbons (Fsp3) is 0.471. The molecule has 2 aromatic rings. The van der Waals surface area contributed by atoms with E-state index in [1.807, 2.05) is 17.9 Å². The third kappa shape index (κ3) is 4.21.